The topological polar surface area (TPSA) is 54.0 Å². The number of nitrogens with one attached hydrogen (secondary N) is 2. The van der Waals surface area contributed by atoms with Crippen molar-refractivity contribution in [2.24, 2.45) is 5.92 Å². The molecule has 1 unspecified atom stereocenters. The number of rotatable bonds is 3. The molecule has 17 heavy (non-hydrogen) atoms. The largest absolute Gasteiger partial charge is 0.316 e. The van der Waals surface area contributed by atoms with Crippen LogP contribution >= 0.6 is 11.3 Å². The first-order valence-corrected chi connectivity index (χ1v) is 6.96. The quantitative estimate of drug-likeness (QED) is 0.868. The zero-order chi connectivity index (χ0) is 12.3. The molecule has 4 nitrogen and oxygen atoms in total. The normalized spacial score (nSPS) is 20.5. The third kappa shape index (κ3) is 3.26. The second kappa shape index (κ2) is 5.60. The highest BCUT2D eigenvalue weighted by molar-refractivity contribution is 7.15. The van der Waals surface area contributed by atoms with Crippen molar-refractivity contribution in [2.45, 2.75) is 32.6 Å². The van der Waals surface area contributed by atoms with Crippen molar-refractivity contribution in [1.29, 1.82) is 0 Å². The molecule has 1 aromatic heterocycles. The Balaban J connectivity index is 1.92. The van der Waals surface area contributed by atoms with Crippen LogP contribution in [0.25, 0.3) is 0 Å². The van der Waals surface area contributed by atoms with Crippen LogP contribution in [-0.2, 0) is 4.79 Å². The van der Waals surface area contributed by atoms with E-state index in [0.717, 1.165) is 31.1 Å². The minimum Gasteiger partial charge on any atom is -0.316 e. The lowest BCUT2D eigenvalue weighted by Gasteiger charge is -2.21. The fourth-order valence-corrected chi connectivity index (χ4v) is 2.72. The van der Waals surface area contributed by atoms with Gasteiger partial charge in [-0.3, -0.25) is 4.79 Å². The Kier molecular flexibility index (Phi) is 4.12. The molecule has 0 bridgehead atoms. The molecule has 1 amide bonds. The summed E-state index contributed by atoms with van der Waals surface area (Å²) in [6.45, 7) is 6.07. The lowest BCUT2D eigenvalue weighted by molar-refractivity contribution is -0.120. The number of anilines is 1. The molecule has 1 fully saturated rings. The molecule has 2 N–H and O–H groups in total. The van der Waals surface area contributed by atoms with Gasteiger partial charge >= 0.3 is 0 Å². The Morgan fingerprint density at radius 1 is 1.65 bits per heavy atom. The number of thiazole rings is 1. The van der Waals surface area contributed by atoms with Crippen LogP contribution in [0.2, 0.25) is 0 Å². The van der Waals surface area contributed by atoms with E-state index in [9.17, 15) is 4.79 Å². The van der Waals surface area contributed by atoms with Crippen molar-refractivity contribution in [3.63, 3.8) is 0 Å². The average Bonchev–Trinajstić information content (AvgIpc) is 2.79. The first-order valence-electron chi connectivity index (χ1n) is 6.14. The summed E-state index contributed by atoms with van der Waals surface area (Å²) in [5.41, 5.74) is 0. The van der Waals surface area contributed by atoms with Crippen LogP contribution in [0.15, 0.2) is 6.20 Å². The van der Waals surface area contributed by atoms with Gasteiger partial charge in [0.25, 0.3) is 0 Å². The molecule has 2 rings (SSSR count). The minimum absolute atomic E-state index is 0.0927. The zero-order valence-corrected chi connectivity index (χ0v) is 11.1. The van der Waals surface area contributed by atoms with Gasteiger partial charge in [0.1, 0.15) is 0 Å². The van der Waals surface area contributed by atoms with Gasteiger partial charge < -0.3 is 10.6 Å². The summed E-state index contributed by atoms with van der Waals surface area (Å²) >= 11 is 1.57. The number of piperidine rings is 1. The molecule has 0 aromatic carbocycles. The highest BCUT2D eigenvalue weighted by Gasteiger charge is 2.21. The first-order chi connectivity index (χ1) is 8.16. The number of nitrogens with zero attached hydrogens (tertiary/aromatic N) is 1. The molecule has 1 atom stereocenters. The smallest absolute Gasteiger partial charge is 0.230 e. The Morgan fingerprint density at radius 3 is 3.06 bits per heavy atom. The van der Waals surface area contributed by atoms with E-state index in [4.69, 9.17) is 0 Å². The minimum atomic E-state index is 0.0927. The van der Waals surface area contributed by atoms with E-state index in [2.05, 4.69) is 29.5 Å². The van der Waals surface area contributed by atoms with Crippen molar-refractivity contribution in [3.05, 3.63) is 11.1 Å². The highest BCUT2D eigenvalue weighted by Crippen LogP contribution is 2.25. The lowest BCUT2D eigenvalue weighted by atomic mass is 9.99. The molecule has 1 aliphatic heterocycles. The Hall–Kier alpha value is -0.940. The van der Waals surface area contributed by atoms with Crippen LogP contribution in [0.3, 0.4) is 0 Å². The van der Waals surface area contributed by atoms with E-state index < -0.39 is 0 Å². The van der Waals surface area contributed by atoms with Gasteiger partial charge in [-0.25, -0.2) is 4.98 Å². The van der Waals surface area contributed by atoms with E-state index in [0.29, 0.717) is 5.92 Å². The van der Waals surface area contributed by atoms with E-state index in [1.165, 1.54) is 4.88 Å². The first kappa shape index (κ1) is 12.5. The van der Waals surface area contributed by atoms with Gasteiger partial charge in [-0.1, -0.05) is 13.8 Å². The third-order valence-electron chi connectivity index (χ3n) is 2.99. The SMILES string of the molecule is CC(C)c1cnc(NC(=O)C2CCCNC2)s1. The maximum atomic E-state index is 12.0. The number of amides is 1. The number of hydrogen-bond acceptors (Lipinski definition) is 4. The van der Waals surface area contributed by atoms with Crippen molar-refractivity contribution < 1.29 is 4.79 Å². The van der Waals surface area contributed by atoms with Crippen molar-refractivity contribution in [3.8, 4) is 0 Å². The van der Waals surface area contributed by atoms with Crippen LogP contribution in [0.1, 0.15) is 37.5 Å². The summed E-state index contributed by atoms with van der Waals surface area (Å²) < 4.78 is 0. The van der Waals surface area contributed by atoms with E-state index in [1.807, 2.05) is 6.20 Å². The summed E-state index contributed by atoms with van der Waals surface area (Å²) in [6.07, 6.45) is 3.90. The van der Waals surface area contributed by atoms with Gasteiger partial charge in [-0.05, 0) is 25.3 Å². The Morgan fingerprint density at radius 2 is 2.47 bits per heavy atom. The second-order valence-corrected chi connectivity index (χ2v) is 5.82. The third-order valence-corrected chi connectivity index (χ3v) is 4.20. The van der Waals surface area contributed by atoms with E-state index in [1.54, 1.807) is 11.3 Å². The van der Waals surface area contributed by atoms with Crippen molar-refractivity contribution in [1.82, 2.24) is 10.3 Å². The highest BCUT2D eigenvalue weighted by atomic mass is 32.1. The van der Waals surface area contributed by atoms with Gasteiger partial charge in [0.15, 0.2) is 5.13 Å². The van der Waals surface area contributed by atoms with Gasteiger partial charge in [0.2, 0.25) is 5.91 Å². The molecule has 0 radical (unpaired) electrons. The molecule has 2 heterocycles. The fraction of sp³-hybridized carbons (Fsp3) is 0.667. The molecule has 0 saturated carbocycles. The van der Waals surface area contributed by atoms with Crippen molar-refractivity contribution >= 4 is 22.4 Å². The summed E-state index contributed by atoms with van der Waals surface area (Å²) in [5.74, 6) is 0.659. The van der Waals surface area contributed by atoms with Crippen LogP contribution in [0.5, 0.6) is 0 Å². The van der Waals surface area contributed by atoms with E-state index >= 15 is 0 Å². The molecule has 1 saturated heterocycles. The molecule has 0 aliphatic carbocycles. The van der Waals surface area contributed by atoms with E-state index in [-0.39, 0.29) is 11.8 Å². The number of aromatic nitrogens is 1. The van der Waals surface area contributed by atoms with Gasteiger partial charge in [-0.2, -0.15) is 0 Å². The van der Waals surface area contributed by atoms with Crippen LogP contribution in [0.4, 0.5) is 5.13 Å². The van der Waals surface area contributed by atoms with Gasteiger partial charge in [0, 0.05) is 17.6 Å². The van der Waals surface area contributed by atoms with Crippen molar-refractivity contribution in [2.75, 3.05) is 18.4 Å². The van der Waals surface area contributed by atoms with Gasteiger partial charge in [0.05, 0.1) is 5.92 Å². The van der Waals surface area contributed by atoms with Crippen LogP contribution < -0.4 is 10.6 Å². The summed E-state index contributed by atoms with van der Waals surface area (Å²) in [6, 6.07) is 0. The van der Waals surface area contributed by atoms with Crippen LogP contribution in [-0.4, -0.2) is 24.0 Å². The summed E-state index contributed by atoms with van der Waals surface area (Å²) in [7, 11) is 0. The Bertz CT molecular complexity index is 383. The molecular weight excluding hydrogens is 234 g/mol. The molecule has 5 heteroatoms. The zero-order valence-electron chi connectivity index (χ0n) is 10.3. The number of hydrogen-bond donors (Lipinski definition) is 2. The predicted molar refractivity (Wildman–Crippen MR) is 70.4 cm³/mol. The number of carbonyl (C=O) groups is 1. The van der Waals surface area contributed by atoms with Gasteiger partial charge in [-0.15, -0.1) is 11.3 Å². The standard InChI is InChI=1S/C12H19N3OS/c1-8(2)10-7-14-12(17-10)15-11(16)9-4-3-5-13-6-9/h7-9,13H,3-6H2,1-2H3,(H,14,15,16). The van der Waals surface area contributed by atoms with Crippen LogP contribution in [0, 0.1) is 5.92 Å². The predicted octanol–water partition coefficient (Wildman–Crippen LogP) is 2.20. The summed E-state index contributed by atoms with van der Waals surface area (Å²) in [4.78, 5) is 17.4. The molecule has 94 valence electrons. The number of carbonyl (C=O) groups excluding carboxylic acids is 1. The second-order valence-electron chi connectivity index (χ2n) is 4.76. The maximum Gasteiger partial charge on any atom is 0.230 e. The fourth-order valence-electron chi connectivity index (χ4n) is 1.89. The summed E-state index contributed by atoms with van der Waals surface area (Å²) in [5, 5.41) is 6.89. The average molecular weight is 253 g/mol. The molecule has 1 aliphatic rings. The maximum absolute atomic E-state index is 12.0. The monoisotopic (exact) mass is 253 g/mol. The molecular formula is C12H19N3OS. The Labute approximate surface area is 106 Å². The molecule has 0 spiro atoms. The lowest BCUT2D eigenvalue weighted by Crippen LogP contribution is -2.37. The molecule has 1 aromatic rings.